The number of nitrogens with zero attached hydrogens (tertiary/aromatic N) is 3. The summed E-state index contributed by atoms with van der Waals surface area (Å²) in [6.45, 7) is 4.38. The van der Waals surface area contributed by atoms with Crippen molar-refractivity contribution in [3.8, 4) is 10.4 Å². The van der Waals surface area contributed by atoms with Crippen molar-refractivity contribution in [1.29, 1.82) is 0 Å². The molecule has 2 fully saturated rings. The molecule has 1 saturated heterocycles. The van der Waals surface area contributed by atoms with Gasteiger partial charge in [-0.1, -0.05) is 53.5 Å². The van der Waals surface area contributed by atoms with Crippen LogP contribution in [0.25, 0.3) is 21.4 Å². The van der Waals surface area contributed by atoms with Crippen LogP contribution < -0.4 is 5.32 Å². The van der Waals surface area contributed by atoms with Crippen LogP contribution in [0.3, 0.4) is 0 Å². The average molecular weight is 501 g/mol. The van der Waals surface area contributed by atoms with Crippen molar-refractivity contribution in [3.05, 3.63) is 70.5 Å². The molecule has 0 unspecified atom stereocenters. The zero-order chi connectivity index (χ0) is 24.8. The lowest BCUT2D eigenvalue weighted by Gasteiger charge is -2.30. The molecule has 7 nitrogen and oxygen atoms in total. The highest BCUT2D eigenvalue weighted by atomic mass is 32.1. The first-order valence-corrected chi connectivity index (χ1v) is 13.3. The Bertz CT molecular complexity index is 1440. The lowest BCUT2D eigenvalue weighted by molar-refractivity contribution is 0.0645. The number of amides is 2. The maximum absolute atomic E-state index is 14.1. The Morgan fingerprint density at radius 1 is 1.08 bits per heavy atom. The van der Waals surface area contributed by atoms with Gasteiger partial charge in [0.25, 0.3) is 11.8 Å². The van der Waals surface area contributed by atoms with Gasteiger partial charge in [-0.05, 0) is 56.7 Å². The van der Waals surface area contributed by atoms with E-state index in [4.69, 9.17) is 9.51 Å². The molecule has 2 aromatic heterocycles. The predicted octanol–water partition coefficient (Wildman–Crippen LogP) is 5.38. The Morgan fingerprint density at radius 2 is 1.89 bits per heavy atom. The number of para-hydroxylation sites is 1. The van der Waals surface area contributed by atoms with Gasteiger partial charge in [-0.25, -0.2) is 4.98 Å². The fourth-order valence-corrected chi connectivity index (χ4v) is 6.75. The SMILES string of the molecule is Cc1ccc(-c2sc(C)nc2C(=O)N2[C@H](CNC(=O)c3noc4ccccc34)C[C@@H]3CCC[C@@H]32)cc1. The van der Waals surface area contributed by atoms with E-state index in [1.165, 1.54) is 5.56 Å². The molecule has 4 aromatic rings. The number of carbonyl (C=O) groups excluding carboxylic acids is 2. The van der Waals surface area contributed by atoms with E-state index in [0.717, 1.165) is 41.1 Å². The molecule has 1 N–H and O–H groups in total. The standard InChI is InChI=1S/C28H28N4O3S/c1-16-10-12-18(13-11-16)26-25(30-17(2)36-26)28(34)32-20(14-19-6-5-8-22(19)32)15-29-27(33)24-21-7-3-4-9-23(21)35-31-24/h3-4,7,9-13,19-20,22H,5-6,8,14-15H2,1-2H3,(H,29,33)/t19-,20-,22-/m0/s1. The number of hydrogen-bond acceptors (Lipinski definition) is 6. The molecular formula is C28H28N4O3S. The molecule has 0 spiro atoms. The van der Waals surface area contributed by atoms with Crippen molar-refractivity contribution in [2.24, 2.45) is 5.92 Å². The number of nitrogens with one attached hydrogen (secondary N) is 1. The highest BCUT2D eigenvalue weighted by Crippen LogP contribution is 2.43. The number of benzene rings is 2. The lowest BCUT2D eigenvalue weighted by Crippen LogP contribution is -2.46. The minimum Gasteiger partial charge on any atom is -0.355 e. The minimum absolute atomic E-state index is 0.0320. The van der Waals surface area contributed by atoms with E-state index < -0.39 is 0 Å². The van der Waals surface area contributed by atoms with Gasteiger partial charge in [0, 0.05) is 12.6 Å². The number of thiazole rings is 1. The summed E-state index contributed by atoms with van der Waals surface area (Å²) in [4.78, 5) is 34.7. The fourth-order valence-electron chi connectivity index (χ4n) is 5.83. The molecular weight excluding hydrogens is 472 g/mol. The Kier molecular flexibility index (Phi) is 5.84. The van der Waals surface area contributed by atoms with Gasteiger partial charge in [-0.2, -0.15) is 0 Å². The van der Waals surface area contributed by atoms with Crippen LogP contribution in [0.4, 0.5) is 0 Å². The quantitative estimate of drug-likeness (QED) is 0.397. The summed E-state index contributed by atoms with van der Waals surface area (Å²) in [6, 6.07) is 15.7. The van der Waals surface area contributed by atoms with Crippen LogP contribution in [0.15, 0.2) is 53.1 Å². The van der Waals surface area contributed by atoms with Crippen LogP contribution in [0.1, 0.15) is 57.2 Å². The number of aryl methyl sites for hydroxylation is 2. The highest BCUT2D eigenvalue weighted by Gasteiger charge is 2.47. The molecule has 36 heavy (non-hydrogen) atoms. The summed E-state index contributed by atoms with van der Waals surface area (Å²) in [6.07, 6.45) is 4.13. The maximum Gasteiger partial charge on any atom is 0.274 e. The van der Waals surface area contributed by atoms with E-state index in [0.29, 0.717) is 29.1 Å². The normalized spacial score (nSPS) is 21.2. The van der Waals surface area contributed by atoms with Crippen LogP contribution >= 0.6 is 11.3 Å². The van der Waals surface area contributed by atoms with Crippen molar-refractivity contribution in [2.45, 2.75) is 51.6 Å². The van der Waals surface area contributed by atoms with E-state index in [2.05, 4.69) is 41.7 Å². The number of likely N-dealkylation sites (tertiary alicyclic amines) is 1. The van der Waals surface area contributed by atoms with Crippen molar-refractivity contribution >= 4 is 34.1 Å². The third-order valence-corrected chi connectivity index (χ3v) is 8.54. The summed E-state index contributed by atoms with van der Waals surface area (Å²) in [5.41, 5.74) is 3.57. The highest BCUT2D eigenvalue weighted by molar-refractivity contribution is 7.15. The topological polar surface area (TPSA) is 88.3 Å². The van der Waals surface area contributed by atoms with E-state index >= 15 is 0 Å². The van der Waals surface area contributed by atoms with Gasteiger partial charge in [0.1, 0.15) is 5.69 Å². The second kappa shape index (κ2) is 9.17. The van der Waals surface area contributed by atoms with Crippen LogP contribution in [-0.4, -0.2) is 45.5 Å². The molecule has 2 aliphatic rings. The number of hydrogen-bond donors (Lipinski definition) is 1. The zero-order valence-electron chi connectivity index (χ0n) is 20.4. The van der Waals surface area contributed by atoms with E-state index in [9.17, 15) is 9.59 Å². The molecule has 1 saturated carbocycles. The third kappa shape index (κ3) is 3.99. The summed E-state index contributed by atoms with van der Waals surface area (Å²) >= 11 is 1.56. The molecule has 2 aromatic carbocycles. The van der Waals surface area contributed by atoms with Gasteiger partial charge in [-0.15, -0.1) is 11.3 Å². The molecule has 184 valence electrons. The lowest BCUT2D eigenvalue weighted by atomic mass is 10.0. The first kappa shape index (κ1) is 22.9. The molecule has 3 heterocycles. The van der Waals surface area contributed by atoms with Crippen molar-refractivity contribution in [3.63, 3.8) is 0 Å². The largest absolute Gasteiger partial charge is 0.355 e. The van der Waals surface area contributed by atoms with Crippen molar-refractivity contribution in [1.82, 2.24) is 20.4 Å². The number of carbonyl (C=O) groups is 2. The Morgan fingerprint density at radius 3 is 2.72 bits per heavy atom. The average Bonchev–Trinajstić information content (AvgIpc) is 3.65. The molecule has 1 aliphatic carbocycles. The summed E-state index contributed by atoms with van der Waals surface area (Å²) in [5.74, 6) is 0.149. The Balaban J connectivity index is 1.26. The zero-order valence-corrected chi connectivity index (χ0v) is 21.2. The molecule has 0 bridgehead atoms. The summed E-state index contributed by atoms with van der Waals surface area (Å²) in [5, 5.41) is 8.57. The number of fused-ring (bicyclic) bond motifs is 2. The monoisotopic (exact) mass is 500 g/mol. The van der Waals surface area contributed by atoms with E-state index in [1.54, 1.807) is 17.4 Å². The molecule has 2 amide bonds. The van der Waals surface area contributed by atoms with Crippen LogP contribution in [-0.2, 0) is 0 Å². The van der Waals surface area contributed by atoms with Crippen LogP contribution in [0.2, 0.25) is 0 Å². The van der Waals surface area contributed by atoms with E-state index in [-0.39, 0.29) is 29.6 Å². The molecule has 3 atom stereocenters. The van der Waals surface area contributed by atoms with Gasteiger partial charge in [0.05, 0.1) is 21.3 Å². The first-order valence-electron chi connectivity index (χ1n) is 12.5. The van der Waals surface area contributed by atoms with Crippen molar-refractivity contribution < 1.29 is 14.1 Å². The van der Waals surface area contributed by atoms with Crippen molar-refractivity contribution in [2.75, 3.05) is 6.54 Å². The Labute approximate surface area is 213 Å². The van der Waals surface area contributed by atoms with Crippen LogP contribution in [0, 0.1) is 19.8 Å². The molecule has 1 aliphatic heterocycles. The number of rotatable bonds is 5. The van der Waals surface area contributed by atoms with Gasteiger partial charge in [0.15, 0.2) is 11.3 Å². The van der Waals surface area contributed by atoms with Gasteiger partial charge < -0.3 is 14.7 Å². The molecule has 8 heteroatoms. The second-order valence-electron chi connectivity index (χ2n) is 9.87. The summed E-state index contributed by atoms with van der Waals surface area (Å²) < 4.78 is 5.30. The second-order valence-corrected chi connectivity index (χ2v) is 11.1. The maximum atomic E-state index is 14.1. The molecule has 0 radical (unpaired) electrons. The van der Waals surface area contributed by atoms with Crippen LogP contribution in [0.5, 0.6) is 0 Å². The minimum atomic E-state index is -0.283. The van der Waals surface area contributed by atoms with Gasteiger partial charge >= 0.3 is 0 Å². The fraction of sp³-hybridized carbons (Fsp3) is 0.357. The molecule has 6 rings (SSSR count). The predicted molar refractivity (Wildman–Crippen MR) is 139 cm³/mol. The van der Waals surface area contributed by atoms with E-state index in [1.807, 2.05) is 30.0 Å². The van der Waals surface area contributed by atoms with Gasteiger partial charge in [0.2, 0.25) is 0 Å². The smallest absolute Gasteiger partial charge is 0.274 e. The summed E-state index contributed by atoms with van der Waals surface area (Å²) in [7, 11) is 0. The number of aromatic nitrogens is 2. The Hall–Kier alpha value is -3.52. The third-order valence-electron chi connectivity index (χ3n) is 7.52. The van der Waals surface area contributed by atoms with Gasteiger partial charge in [-0.3, -0.25) is 9.59 Å². The first-order chi connectivity index (χ1) is 17.5.